The molecule has 0 unspecified atom stereocenters. The molecule has 0 atom stereocenters. The Morgan fingerprint density at radius 1 is 1.33 bits per heavy atom. The number of rotatable bonds is 2. The molecule has 1 rings (SSSR count). The number of nitrogen functional groups attached to an aromatic ring is 1. The van der Waals surface area contributed by atoms with E-state index >= 15 is 0 Å². The maximum absolute atomic E-state index is 11.8. The summed E-state index contributed by atoms with van der Waals surface area (Å²) >= 11 is 0. The van der Waals surface area contributed by atoms with Crippen LogP contribution in [0.2, 0.25) is 0 Å². The first-order chi connectivity index (χ1) is 6.42. The lowest BCUT2D eigenvalue weighted by Gasteiger charge is -2.11. The maximum atomic E-state index is 11.8. The second kappa shape index (κ2) is 5.09. The van der Waals surface area contributed by atoms with Gasteiger partial charge in [0, 0.05) is 0 Å². The van der Waals surface area contributed by atoms with E-state index in [-0.39, 0.29) is 18.2 Å². The minimum Gasteiger partial charge on any atom is -0.406 e. The van der Waals surface area contributed by atoms with Crippen molar-refractivity contribution in [1.29, 1.82) is 0 Å². The second-order valence-corrected chi connectivity index (χ2v) is 2.67. The van der Waals surface area contributed by atoms with Gasteiger partial charge < -0.3 is 10.2 Å². The summed E-state index contributed by atoms with van der Waals surface area (Å²) < 4.78 is 39.1. The van der Waals surface area contributed by atoms with Crippen LogP contribution in [-0.2, 0) is 0 Å². The monoisotopic (exact) mass is 242 g/mol. The molecule has 0 spiro atoms. The van der Waals surface area contributed by atoms with Gasteiger partial charge in [-0.15, -0.1) is 25.6 Å². The van der Waals surface area contributed by atoms with Crippen molar-refractivity contribution in [1.82, 2.24) is 0 Å². The molecule has 15 heavy (non-hydrogen) atoms. The minimum absolute atomic E-state index is 0. The number of nitrogens with two attached hydrogens (primary N) is 1. The fraction of sp³-hybridized carbons (Fsp3) is 0.250. The van der Waals surface area contributed by atoms with Crippen molar-refractivity contribution in [3.63, 3.8) is 0 Å². The molecular formula is C8H10ClF3N2O. The largest absolute Gasteiger partial charge is 0.573 e. The summed E-state index contributed by atoms with van der Waals surface area (Å²) in [6.45, 7) is 1.62. The van der Waals surface area contributed by atoms with E-state index in [9.17, 15) is 13.2 Å². The Morgan fingerprint density at radius 3 is 2.33 bits per heavy atom. The fourth-order valence-corrected chi connectivity index (χ4v) is 0.995. The number of aryl methyl sites for hydroxylation is 1. The number of hydrogen-bond donors (Lipinski definition) is 2. The van der Waals surface area contributed by atoms with Crippen LogP contribution < -0.4 is 16.0 Å². The SMILES string of the molecule is Cc1cc(OC(F)(F)F)ccc1NN.Cl. The third-order valence-electron chi connectivity index (χ3n) is 1.59. The highest BCUT2D eigenvalue weighted by Gasteiger charge is 2.31. The van der Waals surface area contributed by atoms with Crippen LogP contribution >= 0.6 is 12.4 Å². The number of benzene rings is 1. The predicted molar refractivity (Wildman–Crippen MR) is 52.9 cm³/mol. The van der Waals surface area contributed by atoms with E-state index in [0.29, 0.717) is 11.3 Å². The van der Waals surface area contributed by atoms with Crippen molar-refractivity contribution in [3.8, 4) is 5.75 Å². The van der Waals surface area contributed by atoms with Crippen LogP contribution in [0.3, 0.4) is 0 Å². The van der Waals surface area contributed by atoms with Gasteiger partial charge in [-0.05, 0) is 30.7 Å². The average Bonchev–Trinajstić information content (AvgIpc) is 2.01. The van der Waals surface area contributed by atoms with Gasteiger partial charge in [-0.25, -0.2) is 0 Å². The second-order valence-electron chi connectivity index (χ2n) is 2.67. The predicted octanol–water partition coefficient (Wildman–Crippen LogP) is 2.60. The third kappa shape index (κ3) is 4.26. The van der Waals surface area contributed by atoms with E-state index in [2.05, 4.69) is 10.2 Å². The van der Waals surface area contributed by atoms with E-state index in [1.54, 1.807) is 6.92 Å². The smallest absolute Gasteiger partial charge is 0.406 e. The lowest BCUT2D eigenvalue weighted by molar-refractivity contribution is -0.274. The zero-order valence-electron chi connectivity index (χ0n) is 7.76. The van der Waals surface area contributed by atoms with Crippen molar-refractivity contribution >= 4 is 18.1 Å². The first-order valence-electron chi connectivity index (χ1n) is 3.75. The topological polar surface area (TPSA) is 47.3 Å². The standard InChI is InChI=1S/C8H9F3N2O.ClH/c1-5-4-6(14-8(9,10)11)2-3-7(5)13-12;/h2-4,13H,12H2,1H3;1H. The molecule has 0 saturated carbocycles. The van der Waals surface area contributed by atoms with Crippen LogP contribution in [0.5, 0.6) is 5.75 Å². The van der Waals surface area contributed by atoms with Crippen LogP contribution in [0.25, 0.3) is 0 Å². The highest BCUT2D eigenvalue weighted by atomic mass is 35.5. The molecule has 0 radical (unpaired) electrons. The Hall–Kier alpha value is -1.14. The molecule has 86 valence electrons. The van der Waals surface area contributed by atoms with Crippen LogP contribution in [0.4, 0.5) is 18.9 Å². The molecule has 0 aliphatic heterocycles. The number of ether oxygens (including phenoxy) is 1. The normalized spacial score (nSPS) is 10.5. The molecule has 1 aromatic carbocycles. The van der Waals surface area contributed by atoms with Gasteiger partial charge in [-0.3, -0.25) is 5.84 Å². The summed E-state index contributed by atoms with van der Waals surface area (Å²) in [6.07, 6.45) is -4.66. The van der Waals surface area contributed by atoms with Gasteiger partial charge in [0.25, 0.3) is 0 Å². The molecule has 0 saturated heterocycles. The fourth-order valence-electron chi connectivity index (χ4n) is 0.995. The van der Waals surface area contributed by atoms with Crippen LogP contribution in [0.1, 0.15) is 5.56 Å². The number of alkyl halides is 3. The van der Waals surface area contributed by atoms with Gasteiger partial charge in [0.15, 0.2) is 0 Å². The Balaban J connectivity index is 0.00000196. The molecule has 0 heterocycles. The van der Waals surface area contributed by atoms with Crippen molar-refractivity contribution < 1.29 is 17.9 Å². The number of halogens is 4. The zero-order valence-corrected chi connectivity index (χ0v) is 8.58. The van der Waals surface area contributed by atoms with Gasteiger partial charge in [0.1, 0.15) is 5.75 Å². The molecule has 7 heteroatoms. The number of anilines is 1. The van der Waals surface area contributed by atoms with Crippen LogP contribution in [0, 0.1) is 6.92 Å². The van der Waals surface area contributed by atoms with Gasteiger partial charge in [-0.1, -0.05) is 0 Å². The maximum Gasteiger partial charge on any atom is 0.573 e. The molecule has 3 nitrogen and oxygen atoms in total. The minimum atomic E-state index is -4.66. The number of hydrazine groups is 1. The molecule has 0 aromatic heterocycles. The van der Waals surface area contributed by atoms with Gasteiger partial charge in [-0.2, -0.15) is 0 Å². The van der Waals surface area contributed by atoms with Crippen molar-refractivity contribution in [2.24, 2.45) is 5.84 Å². The van der Waals surface area contributed by atoms with Crippen molar-refractivity contribution in [2.45, 2.75) is 13.3 Å². The summed E-state index contributed by atoms with van der Waals surface area (Å²) in [4.78, 5) is 0. The van der Waals surface area contributed by atoms with Gasteiger partial charge >= 0.3 is 6.36 Å². The first-order valence-corrected chi connectivity index (χ1v) is 3.75. The number of hydrogen-bond acceptors (Lipinski definition) is 3. The Bertz CT molecular complexity index is 330. The summed E-state index contributed by atoms with van der Waals surface area (Å²) in [5, 5.41) is 0. The molecule has 0 fully saturated rings. The van der Waals surface area contributed by atoms with E-state index < -0.39 is 6.36 Å². The lowest BCUT2D eigenvalue weighted by atomic mass is 10.2. The van der Waals surface area contributed by atoms with Gasteiger partial charge in [0.2, 0.25) is 0 Å². The Morgan fingerprint density at radius 2 is 1.93 bits per heavy atom. The molecule has 0 aliphatic carbocycles. The summed E-state index contributed by atoms with van der Waals surface area (Å²) in [7, 11) is 0. The molecule has 0 bridgehead atoms. The van der Waals surface area contributed by atoms with Gasteiger partial charge in [0.05, 0.1) is 5.69 Å². The number of nitrogens with one attached hydrogen (secondary N) is 1. The van der Waals surface area contributed by atoms with E-state index in [1.165, 1.54) is 18.2 Å². The van der Waals surface area contributed by atoms with E-state index in [1.807, 2.05) is 0 Å². The Kier molecular flexibility index (Phi) is 4.70. The van der Waals surface area contributed by atoms with E-state index in [0.717, 1.165) is 0 Å². The summed E-state index contributed by atoms with van der Waals surface area (Å²) in [5.41, 5.74) is 3.48. The van der Waals surface area contributed by atoms with E-state index in [4.69, 9.17) is 5.84 Å². The summed E-state index contributed by atoms with van der Waals surface area (Å²) in [6, 6.07) is 3.86. The quantitative estimate of drug-likeness (QED) is 0.619. The zero-order chi connectivity index (χ0) is 10.8. The third-order valence-corrected chi connectivity index (χ3v) is 1.59. The first kappa shape index (κ1) is 13.9. The molecular weight excluding hydrogens is 233 g/mol. The Labute approximate surface area is 90.8 Å². The summed E-state index contributed by atoms with van der Waals surface area (Å²) in [5.74, 6) is 4.86. The van der Waals surface area contributed by atoms with Crippen LogP contribution in [-0.4, -0.2) is 6.36 Å². The van der Waals surface area contributed by atoms with Crippen molar-refractivity contribution in [3.05, 3.63) is 23.8 Å². The van der Waals surface area contributed by atoms with Crippen LogP contribution in [0.15, 0.2) is 18.2 Å². The molecule has 0 aliphatic rings. The average molecular weight is 243 g/mol. The lowest BCUT2D eigenvalue weighted by Crippen LogP contribution is -2.17. The molecule has 1 aromatic rings. The highest BCUT2D eigenvalue weighted by Crippen LogP contribution is 2.26. The molecule has 0 amide bonds. The van der Waals surface area contributed by atoms with Crippen molar-refractivity contribution in [2.75, 3.05) is 5.43 Å². The highest BCUT2D eigenvalue weighted by molar-refractivity contribution is 5.85. The molecule has 3 N–H and O–H groups in total.